The molecule has 3 rings (SSSR count). The largest absolute Gasteiger partial charge is 0.363 e. The quantitative estimate of drug-likeness (QED) is 0.790. The molecule has 17 heavy (non-hydrogen) atoms. The number of rotatable bonds is 3. The third-order valence-corrected chi connectivity index (χ3v) is 3.41. The van der Waals surface area contributed by atoms with E-state index < -0.39 is 0 Å². The fourth-order valence-electron chi connectivity index (χ4n) is 1.50. The minimum atomic E-state index is 0.533. The molecule has 1 N–H and O–H groups in total. The average molecular weight is 266 g/mol. The number of anilines is 1. The van der Waals surface area contributed by atoms with Crippen molar-refractivity contribution in [3.05, 3.63) is 40.1 Å². The molecule has 0 saturated heterocycles. The second-order valence-corrected chi connectivity index (χ2v) is 4.68. The highest BCUT2D eigenvalue weighted by atomic mass is 35.5. The Morgan fingerprint density at radius 3 is 3.12 bits per heavy atom. The third-order valence-electron chi connectivity index (χ3n) is 2.23. The molecule has 3 aromatic rings. The molecule has 86 valence electrons. The maximum Gasteiger partial charge on any atom is 0.157 e. The summed E-state index contributed by atoms with van der Waals surface area (Å²) in [4.78, 5) is 8.36. The Balaban J connectivity index is 1.83. The number of aromatic nitrogens is 4. The van der Waals surface area contributed by atoms with Crippen LogP contribution in [0, 0.1) is 0 Å². The fourth-order valence-corrected chi connectivity index (χ4v) is 2.38. The zero-order chi connectivity index (χ0) is 11.7. The Morgan fingerprint density at radius 2 is 2.29 bits per heavy atom. The number of halogens is 1. The molecule has 0 aliphatic carbocycles. The lowest BCUT2D eigenvalue weighted by molar-refractivity contribution is 0.923. The number of nitrogens with one attached hydrogen (secondary N) is 1. The van der Waals surface area contributed by atoms with Gasteiger partial charge in [0.2, 0.25) is 0 Å². The van der Waals surface area contributed by atoms with Crippen LogP contribution in [0.25, 0.3) is 5.65 Å². The highest BCUT2D eigenvalue weighted by molar-refractivity contribution is 7.10. The summed E-state index contributed by atoms with van der Waals surface area (Å²) in [5, 5.41) is 10.7. The number of hydrogen-bond donors (Lipinski definition) is 1. The molecule has 0 amide bonds. The van der Waals surface area contributed by atoms with Gasteiger partial charge in [-0.15, -0.1) is 11.3 Å². The van der Waals surface area contributed by atoms with Gasteiger partial charge in [-0.05, 0) is 6.07 Å². The zero-order valence-corrected chi connectivity index (χ0v) is 10.2. The second kappa shape index (κ2) is 4.31. The summed E-state index contributed by atoms with van der Waals surface area (Å²) in [6.07, 6.45) is 3.46. The van der Waals surface area contributed by atoms with Gasteiger partial charge in [0.25, 0.3) is 0 Å². The van der Waals surface area contributed by atoms with Gasteiger partial charge < -0.3 is 5.32 Å². The first-order chi connectivity index (χ1) is 8.33. The molecule has 0 fully saturated rings. The van der Waals surface area contributed by atoms with E-state index in [9.17, 15) is 0 Å². The molecule has 0 spiro atoms. The smallest absolute Gasteiger partial charge is 0.157 e. The van der Waals surface area contributed by atoms with Gasteiger partial charge in [0.1, 0.15) is 16.0 Å². The number of hydrogen-bond acceptors (Lipinski definition) is 5. The summed E-state index contributed by atoms with van der Waals surface area (Å²) in [5.41, 5.74) is 0.812. The zero-order valence-electron chi connectivity index (χ0n) is 8.67. The lowest BCUT2D eigenvalue weighted by Gasteiger charge is -2.05. The van der Waals surface area contributed by atoms with Gasteiger partial charge in [-0.2, -0.15) is 9.61 Å². The number of fused-ring (bicyclic) bond motifs is 1. The minimum absolute atomic E-state index is 0.533. The van der Waals surface area contributed by atoms with Crippen molar-refractivity contribution in [2.75, 3.05) is 5.32 Å². The molecule has 0 aromatic carbocycles. The minimum Gasteiger partial charge on any atom is -0.363 e. The molecule has 3 aromatic heterocycles. The third kappa shape index (κ3) is 2.09. The molecule has 0 atom stereocenters. The standard InChI is InChI=1S/C10H8ClN5S/c11-7-6-17-10(15-7)5-13-9-1-3-12-8-2-4-14-16(8)9/h1-4,6,13H,5H2. The van der Waals surface area contributed by atoms with E-state index in [-0.39, 0.29) is 0 Å². The highest BCUT2D eigenvalue weighted by Crippen LogP contribution is 2.16. The Bertz CT molecular complexity index is 647. The summed E-state index contributed by atoms with van der Waals surface area (Å²) in [7, 11) is 0. The van der Waals surface area contributed by atoms with Crippen LogP contribution < -0.4 is 5.32 Å². The first-order valence-electron chi connectivity index (χ1n) is 4.95. The van der Waals surface area contributed by atoms with E-state index in [2.05, 4.69) is 20.4 Å². The van der Waals surface area contributed by atoms with E-state index in [0.29, 0.717) is 11.7 Å². The van der Waals surface area contributed by atoms with E-state index in [4.69, 9.17) is 11.6 Å². The van der Waals surface area contributed by atoms with Crippen molar-refractivity contribution in [2.45, 2.75) is 6.54 Å². The molecule has 0 saturated carbocycles. The first kappa shape index (κ1) is 10.5. The van der Waals surface area contributed by atoms with Gasteiger partial charge in [0.15, 0.2) is 5.65 Å². The fraction of sp³-hybridized carbons (Fsp3) is 0.100. The molecule has 0 radical (unpaired) electrons. The van der Waals surface area contributed by atoms with Crippen LogP contribution >= 0.6 is 22.9 Å². The van der Waals surface area contributed by atoms with Gasteiger partial charge >= 0.3 is 0 Å². The van der Waals surface area contributed by atoms with Crippen LogP contribution in [0.4, 0.5) is 5.82 Å². The normalized spacial score (nSPS) is 10.9. The molecule has 0 unspecified atom stereocenters. The van der Waals surface area contributed by atoms with E-state index in [0.717, 1.165) is 16.5 Å². The Kier molecular flexibility index (Phi) is 2.66. The van der Waals surface area contributed by atoms with E-state index in [1.165, 1.54) is 11.3 Å². The van der Waals surface area contributed by atoms with Gasteiger partial charge in [0.05, 0.1) is 12.7 Å². The van der Waals surface area contributed by atoms with Crippen molar-refractivity contribution in [1.82, 2.24) is 19.6 Å². The predicted molar refractivity (Wildman–Crippen MR) is 67.4 cm³/mol. The van der Waals surface area contributed by atoms with E-state index in [1.807, 2.05) is 17.5 Å². The number of thiazole rings is 1. The molecule has 7 heteroatoms. The van der Waals surface area contributed by atoms with Crippen LogP contribution in [0.1, 0.15) is 5.01 Å². The Labute approximate surface area is 106 Å². The van der Waals surface area contributed by atoms with Crippen LogP contribution in [-0.4, -0.2) is 19.6 Å². The van der Waals surface area contributed by atoms with Gasteiger partial charge in [-0.3, -0.25) is 0 Å². The monoisotopic (exact) mass is 265 g/mol. The lowest BCUT2D eigenvalue weighted by atomic mass is 10.5. The summed E-state index contributed by atoms with van der Waals surface area (Å²) < 4.78 is 1.75. The predicted octanol–water partition coefficient (Wildman–Crippen LogP) is 2.45. The Morgan fingerprint density at radius 1 is 1.35 bits per heavy atom. The van der Waals surface area contributed by atoms with Gasteiger partial charge in [0, 0.05) is 17.6 Å². The van der Waals surface area contributed by atoms with Crippen LogP contribution in [0.3, 0.4) is 0 Å². The Hall–Kier alpha value is -1.66. The molecular weight excluding hydrogens is 258 g/mol. The maximum absolute atomic E-state index is 5.76. The summed E-state index contributed by atoms with van der Waals surface area (Å²) >= 11 is 7.29. The van der Waals surface area contributed by atoms with Crippen molar-refractivity contribution < 1.29 is 0 Å². The highest BCUT2D eigenvalue weighted by Gasteiger charge is 2.03. The van der Waals surface area contributed by atoms with Crippen LogP contribution in [0.2, 0.25) is 5.15 Å². The molecular formula is C10H8ClN5S. The van der Waals surface area contributed by atoms with Crippen LogP contribution in [0.5, 0.6) is 0 Å². The number of nitrogens with zero attached hydrogens (tertiary/aromatic N) is 4. The van der Waals surface area contributed by atoms with E-state index >= 15 is 0 Å². The van der Waals surface area contributed by atoms with E-state index in [1.54, 1.807) is 16.9 Å². The van der Waals surface area contributed by atoms with Crippen LogP contribution in [0.15, 0.2) is 29.9 Å². The van der Waals surface area contributed by atoms with Gasteiger partial charge in [-0.25, -0.2) is 9.97 Å². The summed E-state index contributed by atoms with van der Waals surface area (Å²) in [5.74, 6) is 0.881. The molecule has 0 aliphatic heterocycles. The van der Waals surface area contributed by atoms with Crippen molar-refractivity contribution in [3.63, 3.8) is 0 Å². The van der Waals surface area contributed by atoms with Crippen molar-refractivity contribution in [1.29, 1.82) is 0 Å². The molecule has 0 aliphatic rings. The summed E-state index contributed by atoms with van der Waals surface area (Å²) in [6.45, 7) is 0.621. The molecule has 5 nitrogen and oxygen atoms in total. The second-order valence-electron chi connectivity index (χ2n) is 3.35. The van der Waals surface area contributed by atoms with Gasteiger partial charge in [-0.1, -0.05) is 11.6 Å². The van der Waals surface area contributed by atoms with Crippen molar-refractivity contribution >= 4 is 34.4 Å². The SMILES string of the molecule is Clc1csc(CNc2ccnc3ccnn23)n1. The molecule has 3 heterocycles. The average Bonchev–Trinajstić information content (AvgIpc) is 2.94. The lowest BCUT2D eigenvalue weighted by Crippen LogP contribution is -2.05. The molecule has 0 bridgehead atoms. The summed E-state index contributed by atoms with van der Waals surface area (Å²) in [6, 6.07) is 3.72. The topological polar surface area (TPSA) is 55.1 Å². The van der Waals surface area contributed by atoms with Crippen LogP contribution in [-0.2, 0) is 6.54 Å². The van der Waals surface area contributed by atoms with Crippen molar-refractivity contribution in [2.24, 2.45) is 0 Å². The maximum atomic E-state index is 5.76. The first-order valence-corrected chi connectivity index (χ1v) is 6.21. The van der Waals surface area contributed by atoms with Crippen molar-refractivity contribution in [3.8, 4) is 0 Å².